The van der Waals surface area contributed by atoms with Crippen LogP contribution in [0, 0.1) is 12.8 Å². The maximum absolute atomic E-state index is 12.5. The van der Waals surface area contributed by atoms with Gasteiger partial charge in [-0.25, -0.2) is 9.97 Å². The fraction of sp³-hybridized carbons (Fsp3) is 0.714. The highest BCUT2D eigenvalue weighted by Crippen LogP contribution is 2.38. The van der Waals surface area contributed by atoms with E-state index < -0.39 is 12.1 Å². The van der Waals surface area contributed by atoms with Crippen molar-refractivity contribution in [3.63, 3.8) is 0 Å². The topological polar surface area (TPSA) is 35.0 Å². The second-order valence-electron chi connectivity index (χ2n) is 4.63. The first-order valence-electron chi connectivity index (χ1n) is 6.97. The summed E-state index contributed by atoms with van der Waals surface area (Å²) in [5.74, 6) is -0.734. The zero-order valence-electron chi connectivity index (χ0n) is 12.1. The Morgan fingerprint density at radius 1 is 1.10 bits per heavy atom. The summed E-state index contributed by atoms with van der Waals surface area (Å²) in [7, 11) is 0. The van der Waals surface area contributed by atoms with E-state index in [4.69, 9.17) is 4.74 Å². The van der Waals surface area contributed by atoms with Gasteiger partial charge in [-0.2, -0.15) is 13.2 Å². The zero-order valence-corrected chi connectivity index (χ0v) is 12.1. The minimum Gasteiger partial charge on any atom is -0.474 e. The molecule has 1 aromatic heterocycles. The van der Waals surface area contributed by atoms with Crippen LogP contribution in [0.5, 0.6) is 5.88 Å². The predicted molar refractivity (Wildman–Crippen MR) is 70.5 cm³/mol. The fourth-order valence-corrected chi connectivity index (χ4v) is 2.17. The molecule has 2 rings (SSSR count). The lowest BCUT2D eigenvalue weighted by molar-refractivity contribution is -0.185. The van der Waals surface area contributed by atoms with Crippen molar-refractivity contribution in [3.8, 4) is 5.88 Å². The number of nitrogens with zero attached hydrogens (tertiary/aromatic N) is 2. The molecule has 0 amide bonds. The maximum atomic E-state index is 12.5. The molecular formula is C14H21F3N2O. The third kappa shape index (κ3) is 4.98. The lowest BCUT2D eigenvalue weighted by Gasteiger charge is -2.29. The van der Waals surface area contributed by atoms with Gasteiger partial charge in [-0.05, 0) is 32.6 Å². The highest BCUT2D eigenvalue weighted by Gasteiger charge is 2.41. The van der Waals surface area contributed by atoms with Crippen LogP contribution in [-0.2, 0) is 0 Å². The Hall–Kier alpha value is -1.33. The first-order chi connectivity index (χ1) is 9.45. The third-order valence-electron chi connectivity index (χ3n) is 3.20. The number of ether oxygens (including phenoxy) is 1. The predicted octanol–water partition coefficient (Wildman–Crippen LogP) is 4.31. The number of halogens is 3. The van der Waals surface area contributed by atoms with Crippen LogP contribution in [0.4, 0.5) is 13.2 Å². The van der Waals surface area contributed by atoms with Gasteiger partial charge in [-0.15, -0.1) is 0 Å². The van der Waals surface area contributed by atoms with E-state index in [2.05, 4.69) is 9.97 Å². The van der Waals surface area contributed by atoms with Gasteiger partial charge in [0.05, 0.1) is 5.92 Å². The number of hydrogen-bond acceptors (Lipinski definition) is 3. The largest absolute Gasteiger partial charge is 0.474 e. The van der Waals surface area contributed by atoms with E-state index in [0.29, 0.717) is 18.7 Å². The van der Waals surface area contributed by atoms with Gasteiger partial charge in [0.25, 0.3) is 0 Å². The molecule has 0 N–H and O–H groups in total. The molecule has 0 unspecified atom stereocenters. The molecule has 1 fully saturated rings. The van der Waals surface area contributed by atoms with E-state index in [1.807, 2.05) is 20.8 Å². The van der Waals surface area contributed by atoms with Crippen LogP contribution >= 0.6 is 0 Å². The van der Waals surface area contributed by atoms with Gasteiger partial charge >= 0.3 is 6.18 Å². The van der Waals surface area contributed by atoms with E-state index in [1.54, 1.807) is 6.07 Å². The molecule has 0 atom stereocenters. The van der Waals surface area contributed by atoms with E-state index >= 15 is 0 Å². The first-order valence-corrected chi connectivity index (χ1v) is 6.97. The van der Waals surface area contributed by atoms with Gasteiger partial charge in [0.1, 0.15) is 12.4 Å². The second kappa shape index (κ2) is 7.45. The number of aryl methyl sites for hydroxylation is 1. The molecule has 0 spiro atoms. The summed E-state index contributed by atoms with van der Waals surface area (Å²) in [5, 5.41) is 0. The first kappa shape index (κ1) is 16.7. The SMILES string of the molecule is CC.Cc1cc(OC2CCC(C(F)(F)F)CC2)ncn1. The molecule has 6 heteroatoms. The van der Waals surface area contributed by atoms with Crippen molar-refractivity contribution in [2.75, 3.05) is 0 Å². The summed E-state index contributed by atoms with van der Waals surface area (Å²) in [6.45, 7) is 5.81. The molecule has 3 nitrogen and oxygen atoms in total. The Balaban J connectivity index is 0.000000956. The molecule has 1 aliphatic rings. The van der Waals surface area contributed by atoms with Crippen LogP contribution in [0.1, 0.15) is 45.2 Å². The number of alkyl halides is 3. The standard InChI is InChI=1S/C12H15F3N2O.C2H6/c1-8-6-11(17-7-16-8)18-10-4-2-9(3-5-10)12(13,14)15;1-2/h6-7,9-10H,2-5H2,1H3;1-2H3. The lowest BCUT2D eigenvalue weighted by atomic mass is 9.87. The molecule has 1 saturated carbocycles. The number of rotatable bonds is 2. The van der Waals surface area contributed by atoms with Crippen LogP contribution in [-0.4, -0.2) is 22.2 Å². The minimum absolute atomic E-state index is 0.137. The molecule has 1 heterocycles. The summed E-state index contributed by atoms with van der Waals surface area (Å²) in [6, 6.07) is 1.69. The van der Waals surface area contributed by atoms with Crippen molar-refractivity contribution in [1.82, 2.24) is 9.97 Å². The van der Waals surface area contributed by atoms with Crippen molar-refractivity contribution in [3.05, 3.63) is 18.1 Å². The summed E-state index contributed by atoms with van der Waals surface area (Å²) in [5.41, 5.74) is 0.781. The van der Waals surface area contributed by atoms with E-state index in [0.717, 1.165) is 5.69 Å². The normalized spacial score (nSPS) is 22.7. The highest BCUT2D eigenvalue weighted by molar-refractivity contribution is 5.12. The van der Waals surface area contributed by atoms with Gasteiger partial charge in [-0.3, -0.25) is 0 Å². The Morgan fingerprint density at radius 2 is 1.70 bits per heavy atom. The zero-order chi connectivity index (χ0) is 15.2. The van der Waals surface area contributed by atoms with E-state index in [9.17, 15) is 13.2 Å². The highest BCUT2D eigenvalue weighted by atomic mass is 19.4. The summed E-state index contributed by atoms with van der Waals surface area (Å²) >= 11 is 0. The number of hydrogen-bond donors (Lipinski definition) is 0. The van der Waals surface area contributed by atoms with Gasteiger partial charge in [0.2, 0.25) is 5.88 Å². The molecule has 114 valence electrons. The summed E-state index contributed by atoms with van der Waals surface area (Å²) in [6.07, 6.45) is -1.72. The lowest BCUT2D eigenvalue weighted by Crippen LogP contribution is -2.32. The Kier molecular flexibility index (Phi) is 6.23. The molecule has 0 saturated heterocycles. The Morgan fingerprint density at radius 3 is 2.20 bits per heavy atom. The Bertz CT molecular complexity index is 402. The average molecular weight is 290 g/mol. The molecule has 0 radical (unpaired) electrons. The summed E-state index contributed by atoms with van der Waals surface area (Å²) < 4.78 is 43.0. The molecular weight excluding hydrogens is 269 g/mol. The van der Waals surface area contributed by atoms with E-state index in [-0.39, 0.29) is 18.9 Å². The Labute approximate surface area is 117 Å². The quantitative estimate of drug-likeness (QED) is 0.814. The van der Waals surface area contributed by atoms with Crippen molar-refractivity contribution in [1.29, 1.82) is 0 Å². The monoisotopic (exact) mass is 290 g/mol. The van der Waals surface area contributed by atoms with Crippen molar-refractivity contribution < 1.29 is 17.9 Å². The van der Waals surface area contributed by atoms with Crippen molar-refractivity contribution in [2.24, 2.45) is 5.92 Å². The molecule has 1 aromatic rings. The van der Waals surface area contributed by atoms with Gasteiger partial charge in [0, 0.05) is 11.8 Å². The van der Waals surface area contributed by atoms with Crippen molar-refractivity contribution in [2.45, 2.75) is 58.7 Å². The van der Waals surface area contributed by atoms with Gasteiger partial charge in [-0.1, -0.05) is 13.8 Å². The van der Waals surface area contributed by atoms with Crippen LogP contribution in [0.15, 0.2) is 12.4 Å². The second-order valence-corrected chi connectivity index (χ2v) is 4.63. The van der Waals surface area contributed by atoms with Crippen molar-refractivity contribution >= 4 is 0 Å². The van der Waals surface area contributed by atoms with Crippen LogP contribution < -0.4 is 4.74 Å². The van der Waals surface area contributed by atoms with Crippen LogP contribution in [0.3, 0.4) is 0 Å². The maximum Gasteiger partial charge on any atom is 0.391 e. The fourth-order valence-electron chi connectivity index (χ4n) is 2.17. The van der Waals surface area contributed by atoms with Gasteiger partial charge < -0.3 is 4.74 Å². The number of aromatic nitrogens is 2. The smallest absolute Gasteiger partial charge is 0.391 e. The van der Waals surface area contributed by atoms with Crippen LogP contribution in [0.25, 0.3) is 0 Å². The van der Waals surface area contributed by atoms with Gasteiger partial charge in [0.15, 0.2) is 0 Å². The summed E-state index contributed by atoms with van der Waals surface area (Å²) in [4.78, 5) is 7.88. The molecule has 0 aliphatic heterocycles. The molecule has 20 heavy (non-hydrogen) atoms. The minimum atomic E-state index is -4.07. The van der Waals surface area contributed by atoms with Crippen LogP contribution in [0.2, 0.25) is 0 Å². The average Bonchev–Trinajstić information content (AvgIpc) is 2.41. The molecule has 1 aliphatic carbocycles. The molecule has 0 aromatic carbocycles. The van der Waals surface area contributed by atoms with E-state index in [1.165, 1.54) is 6.33 Å². The molecule has 0 bridgehead atoms. The third-order valence-corrected chi connectivity index (χ3v) is 3.20.